The van der Waals surface area contributed by atoms with Crippen LogP contribution in [0, 0.1) is 0 Å². The summed E-state index contributed by atoms with van der Waals surface area (Å²) in [5.74, 6) is 0. The van der Waals surface area contributed by atoms with Gasteiger partial charge in [-0.1, -0.05) is 326 Å². The molecule has 0 fully saturated rings. The molecular formula is C104H79BN4. The van der Waals surface area contributed by atoms with Gasteiger partial charge in [0.15, 0.2) is 0 Å². The van der Waals surface area contributed by atoms with E-state index < -0.39 is 109 Å². The predicted molar refractivity (Wildman–Crippen MR) is 465 cm³/mol. The Hall–Kier alpha value is -13.2. The summed E-state index contributed by atoms with van der Waals surface area (Å²) in [5, 5.41) is -0.327. The summed E-state index contributed by atoms with van der Waals surface area (Å²) in [6.07, 6.45) is 0. The van der Waals surface area contributed by atoms with Crippen LogP contribution < -0.4 is 26.2 Å². The van der Waals surface area contributed by atoms with Crippen LogP contribution in [0.4, 0.5) is 34.1 Å². The molecule has 0 amide bonds. The van der Waals surface area contributed by atoms with E-state index in [1.807, 2.05) is 146 Å². The van der Waals surface area contributed by atoms with E-state index in [0.29, 0.717) is 34.1 Å². The highest BCUT2D eigenvalue weighted by atomic mass is 15.2. The normalized spacial score (nSPS) is 14.7. The van der Waals surface area contributed by atoms with Crippen LogP contribution in [0.1, 0.15) is 74.6 Å². The monoisotopic (exact) mass is 1410 g/mol. The first-order valence-corrected chi connectivity index (χ1v) is 36.9. The van der Waals surface area contributed by atoms with Gasteiger partial charge in [0.1, 0.15) is 0 Å². The number of para-hydroxylation sites is 4. The van der Waals surface area contributed by atoms with Crippen LogP contribution in [-0.2, 0) is 10.8 Å². The molecule has 0 spiro atoms. The number of fused-ring (bicyclic) bond motifs is 10. The van der Waals surface area contributed by atoms with Gasteiger partial charge >= 0.3 is 0 Å². The third kappa shape index (κ3) is 10.9. The maximum absolute atomic E-state index is 9.99. The van der Waals surface area contributed by atoms with Crippen molar-refractivity contribution in [3.63, 3.8) is 0 Å². The van der Waals surface area contributed by atoms with Gasteiger partial charge in [-0.15, -0.1) is 0 Å². The first kappa shape index (κ1) is 50.3. The summed E-state index contributed by atoms with van der Waals surface area (Å²) in [6.45, 7) is 12.5. The molecule has 4 heterocycles. The summed E-state index contributed by atoms with van der Waals surface area (Å²) in [5.41, 5.74) is 20.2. The average molecular weight is 1410 g/mol. The largest absolute Gasteiger partial charge is 0.310 e. The Labute approximate surface area is 660 Å². The number of aromatic nitrogens is 2. The number of hydrogen-bond donors (Lipinski definition) is 0. The second-order valence-corrected chi connectivity index (χ2v) is 30.4. The van der Waals surface area contributed by atoms with E-state index in [-0.39, 0.29) is 49.0 Å². The number of anilines is 6. The van der Waals surface area contributed by atoms with Crippen molar-refractivity contribution in [2.45, 2.75) is 52.4 Å². The van der Waals surface area contributed by atoms with Crippen molar-refractivity contribution in [3.05, 3.63) is 381 Å². The lowest BCUT2D eigenvalue weighted by molar-refractivity contribution is 0.570. The molecule has 5 heteroatoms. The van der Waals surface area contributed by atoms with Gasteiger partial charge in [0.25, 0.3) is 6.71 Å². The lowest BCUT2D eigenvalue weighted by atomic mass is 9.33. The zero-order valence-corrected chi connectivity index (χ0v) is 60.8. The molecule has 2 aliphatic heterocycles. The van der Waals surface area contributed by atoms with Crippen LogP contribution in [0.5, 0.6) is 0 Å². The Bertz CT molecular complexity index is 6940. The number of nitrogens with zero attached hydrogens (tertiary/aromatic N) is 4. The van der Waals surface area contributed by atoms with E-state index in [1.165, 1.54) is 0 Å². The Balaban J connectivity index is 1.04. The molecule has 0 aliphatic carbocycles. The Morgan fingerprint density at radius 2 is 0.587 bits per heavy atom. The standard InChI is InChI=1S/C104H79BN4/c1-103(2,3)77-53-56-80(89(65-77)104(4,5)6)76-63-98-100-99(64-76)109(102-87(72-41-21-11-22-42-72)61-75(69-35-15-8-16-36-69)62-88(102)73-43-23-12-24-44-73)97-67-79(107-94-51-31-27-47-83(94)84-48-28-32-52-95(84)107)55-58-91(97)105(100)90-57-54-78(106-92-49-29-25-45-81(92)82-46-26-30-50-93(82)106)66-96(90)108(98)101-85(70-37-17-9-18-38-70)59-74(68-33-13-7-14-34-68)60-86(101)71-39-19-10-20-40-71/h7-67H,1-6H3/i25D,26D,27D,28D,29D,30D,31D,32D,45D,46D,47D,48D,49D,50D,51D,52D. The van der Waals surface area contributed by atoms with Crippen molar-refractivity contribution in [2.24, 2.45) is 0 Å². The molecule has 18 aromatic rings. The molecule has 0 unspecified atom stereocenters. The van der Waals surface area contributed by atoms with Gasteiger partial charge in [-0.3, -0.25) is 0 Å². The van der Waals surface area contributed by atoms with Gasteiger partial charge in [0, 0.05) is 77.9 Å². The number of rotatable bonds is 11. The third-order valence-electron chi connectivity index (χ3n) is 21.8. The lowest BCUT2D eigenvalue weighted by Gasteiger charge is -2.46. The molecule has 0 saturated carbocycles. The molecule has 2 aliphatic rings. The summed E-state index contributed by atoms with van der Waals surface area (Å²) >= 11 is 0. The highest BCUT2D eigenvalue weighted by molar-refractivity contribution is 7.00. The van der Waals surface area contributed by atoms with Gasteiger partial charge in [0.2, 0.25) is 0 Å². The van der Waals surface area contributed by atoms with Crippen LogP contribution in [0.2, 0.25) is 0 Å². The molecule has 109 heavy (non-hydrogen) atoms. The second-order valence-electron chi connectivity index (χ2n) is 30.4. The predicted octanol–water partition coefficient (Wildman–Crippen LogP) is 26.2. The molecule has 0 atom stereocenters. The van der Waals surface area contributed by atoms with E-state index >= 15 is 0 Å². The summed E-state index contributed by atoms with van der Waals surface area (Å²) in [4.78, 5) is 4.70. The van der Waals surface area contributed by atoms with E-state index in [0.717, 1.165) is 117 Å². The maximum Gasteiger partial charge on any atom is 0.252 e. The smallest absolute Gasteiger partial charge is 0.252 e. The molecule has 0 N–H and O–H groups in total. The Kier molecular flexibility index (Phi) is 11.9. The summed E-state index contributed by atoms with van der Waals surface area (Å²) in [7, 11) is 0. The minimum Gasteiger partial charge on any atom is -0.310 e. The molecule has 518 valence electrons. The van der Waals surface area contributed by atoms with Gasteiger partial charge in [-0.25, -0.2) is 0 Å². The van der Waals surface area contributed by atoms with Crippen LogP contribution in [-0.4, -0.2) is 15.8 Å². The van der Waals surface area contributed by atoms with E-state index in [9.17, 15) is 21.9 Å². The molecule has 20 rings (SSSR count). The molecule has 0 bridgehead atoms. The van der Waals surface area contributed by atoms with Crippen molar-refractivity contribution >= 4 is 101 Å². The minimum absolute atomic E-state index is 0.0615. The fourth-order valence-corrected chi connectivity index (χ4v) is 16.8. The van der Waals surface area contributed by atoms with E-state index in [1.54, 1.807) is 9.13 Å². The van der Waals surface area contributed by atoms with Crippen LogP contribution >= 0.6 is 0 Å². The molecule has 2 aromatic heterocycles. The molecule has 4 nitrogen and oxygen atoms in total. The first-order valence-electron chi connectivity index (χ1n) is 44.9. The third-order valence-corrected chi connectivity index (χ3v) is 21.8. The number of hydrogen-bond acceptors (Lipinski definition) is 2. The second kappa shape index (κ2) is 25.8. The van der Waals surface area contributed by atoms with Gasteiger partial charge in [-0.2, -0.15) is 0 Å². The quantitative estimate of drug-likeness (QED) is 0.120. The average Bonchev–Trinajstić information content (AvgIpc) is 1.46. The first-order chi connectivity index (χ1) is 60.0. The highest BCUT2D eigenvalue weighted by Crippen LogP contribution is 2.56. The van der Waals surface area contributed by atoms with E-state index in [4.69, 9.17) is 0 Å². The minimum atomic E-state index is -0.826. The fourth-order valence-electron chi connectivity index (χ4n) is 16.8. The van der Waals surface area contributed by atoms with Crippen molar-refractivity contribution in [1.82, 2.24) is 9.13 Å². The molecule has 0 saturated heterocycles. The topological polar surface area (TPSA) is 16.3 Å². The van der Waals surface area contributed by atoms with Crippen LogP contribution in [0.25, 0.3) is 133 Å². The summed E-state index contributed by atoms with van der Waals surface area (Å²) in [6, 6.07) is 85.5. The van der Waals surface area contributed by atoms with Gasteiger partial charge in [-0.05, 0) is 179 Å². The number of benzene rings is 16. The molecule has 0 radical (unpaired) electrons. The molecule has 16 aromatic carbocycles. The van der Waals surface area contributed by atoms with Crippen molar-refractivity contribution in [2.75, 3.05) is 9.80 Å². The Morgan fingerprint density at radius 1 is 0.266 bits per heavy atom. The van der Waals surface area contributed by atoms with Gasteiger partial charge in [0.05, 0.1) is 55.4 Å². The van der Waals surface area contributed by atoms with Crippen molar-refractivity contribution in [3.8, 4) is 89.3 Å². The Morgan fingerprint density at radius 3 is 0.908 bits per heavy atom. The van der Waals surface area contributed by atoms with Crippen molar-refractivity contribution < 1.29 is 21.9 Å². The zero-order chi connectivity index (χ0) is 87.2. The summed E-state index contributed by atoms with van der Waals surface area (Å²) < 4.78 is 156. The molecular weight excluding hydrogens is 1320 g/mol. The lowest BCUT2D eigenvalue weighted by Crippen LogP contribution is -2.61. The van der Waals surface area contributed by atoms with Gasteiger partial charge < -0.3 is 18.9 Å². The van der Waals surface area contributed by atoms with Crippen molar-refractivity contribution in [1.29, 1.82) is 0 Å². The van der Waals surface area contributed by atoms with Crippen LogP contribution in [0.15, 0.2) is 370 Å². The zero-order valence-electron chi connectivity index (χ0n) is 76.8. The fraction of sp³-hybridized carbons (Fsp3) is 0.0769. The SMILES string of the molecule is [2H]c1c([2H])c([2H])c2c(c1[2H])c1c([2H])c([2H])c([2H])c([2H])c1n2-c1ccc2c(c1)N(c1c(-c3ccccc3)cc(-c3ccccc3)cc1-c1ccccc1)c1cc(-c3ccc(C(C)(C)C)cc3C(C)(C)C)cc3c1B2c1ccc(-n2c4c([2H])c([2H])c([2H])c([2H])c4c4c([2H])c([2H])c([2H])c([2H])c42)cc1N3c1c(-c2ccccc2)cc(-c2ccccc2)cc1-c1ccccc1. The van der Waals surface area contributed by atoms with E-state index in [2.05, 4.69) is 179 Å². The van der Waals surface area contributed by atoms with Crippen LogP contribution in [0.3, 0.4) is 0 Å². The maximum atomic E-state index is 9.99. The highest BCUT2D eigenvalue weighted by Gasteiger charge is 2.46.